The topological polar surface area (TPSA) is 77.3 Å². The van der Waals surface area contributed by atoms with Gasteiger partial charge in [0.2, 0.25) is 0 Å². The summed E-state index contributed by atoms with van der Waals surface area (Å²) in [5.41, 5.74) is 2.27. The van der Waals surface area contributed by atoms with Crippen molar-refractivity contribution in [3.8, 4) is 5.69 Å². The van der Waals surface area contributed by atoms with E-state index in [0.29, 0.717) is 16.4 Å². The zero-order valence-electron chi connectivity index (χ0n) is 16.3. The zero-order chi connectivity index (χ0) is 20.4. The molecule has 0 bridgehead atoms. The number of hydrogen-bond acceptors (Lipinski definition) is 5. The van der Waals surface area contributed by atoms with Crippen LogP contribution < -0.4 is 0 Å². The molecule has 0 aliphatic heterocycles. The van der Waals surface area contributed by atoms with E-state index in [1.54, 1.807) is 19.1 Å². The van der Waals surface area contributed by atoms with Crippen molar-refractivity contribution in [2.45, 2.75) is 51.5 Å². The summed E-state index contributed by atoms with van der Waals surface area (Å²) in [6.45, 7) is 1.41. The van der Waals surface area contributed by atoms with Gasteiger partial charge in [-0.25, -0.2) is 9.48 Å². The first-order chi connectivity index (χ1) is 14.1. The summed E-state index contributed by atoms with van der Waals surface area (Å²) in [7, 11) is 0. The maximum atomic E-state index is 12.8. The Balaban J connectivity index is 1.44. The molecule has 1 saturated carbocycles. The second kappa shape index (κ2) is 8.37. The van der Waals surface area contributed by atoms with Crippen molar-refractivity contribution in [1.82, 2.24) is 19.9 Å². The highest BCUT2D eigenvalue weighted by Crippen LogP contribution is 2.33. The van der Waals surface area contributed by atoms with E-state index in [2.05, 4.69) is 16.4 Å². The van der Waals surface area contributed by atoms with Crippen molar-refractivity contribution in [1.29, 1.82) is 0 Å². The SMILES string of the molecule is Cc1c(C(=O)OCC(=O)N(C2=CCCCC2)C2CC2)nnn1-c1ccccc1Cl. The van der Waals surface area contributed by atoms with Gasteiger partial charge in [0, 0.05) is 11.7 Å². The minimum atomic E-state index is -0.664. The number of halogens is 1. The highest BCUT2D eigenvalue weighted by atomic mass is 35.5. The number of amides is 1. The summed E-state index contributed by atoms with van der Waals surface area (Å²) >= 11 is 6.21. The number of rotatable bonds is 6. The molecule has 0 N–H and O–H groups in total. The monoisotopic (exact) mass is 414 g/mol. The number of esters is 1. The Bertz CT molecular complexity index is 965. The lowest BCUT2D eigenvalue weighted by molar-refractivity contribution is -0.133. The first-order valence-corrected chi connectivity index (χ1v) is 10.3. The minimum absolute atomic E-state index is 0.0765. The van der Waals surface area contributed by atoms with Gasteiger partial charge in [0.25, 0.3) is 5.91 Å². The molecule has 0 spiro atoms. The van der Waals surface area contributed by atoms with E-state index in [-0.39, 0.29) is 24.2 Å². The normalized spacial score (nSPS) is 16.3. The first kappa shape index (κ1) is 19.6. The molecule has 2 aromatic rings. The average Bonchev–Trinajstić information content (AvgIpc) is 3.49. The predicted octanol–water partition coefficient (Wildman–Crippen LogP) is 3.83. The zero-order valence-corrected chi connectivity index (χ0v) is 17.1. The smallest absolute Gasteiger partial charge is 0.361 e. The van der Waals surface area contributed by atoms with Crippen LogP contribution in [0, 0.1) is 6.92 Å². The van der Waals surface area contributed by atoms with Gasteiger partial charge in [-0.05, 0) is 57.6 Å². The van der Waals surface area contributed by atoms with Gasteiger partial charge < -0.3 is 9.64 Å². The van der Waals surface area contributed by atoms with Crippen LogP contribution in [0.15, 0.2) is 36.0 Å². The van der Waals surface area contributed by atoms with Crippen LogP contribution in [0.1, 0.15) is 54.7 Å². The Morgan fingerprint density at radius 2 is 2.07 bits per heavy atom. The van der Waals surface area contributed by atoms with Crippen LogP contribution in [0.3, 0.4) is 0 Å². The summed E-state index contributed by atoms with van der Waals surface area (Å²) in [5, 5.41) is 8.45. The van der Waals surface area contributed by atoms with Gasteiger partial charge >= 0.3 is 5.97 Å². The van der Waals surface area contributed by atoms with Crippen molar-refractivity contribution in [2.75, 3.05) is 6.61 Å². The minimum Gasteiger partial charge on any atom is -0.451 e. The van der Waals surface area contributed by atoms with Crippen LogP contribution in [0.25, 0.3) is 5.69 Å². The van der Waals surface area contributed by atoms with Crippen LogP contribution in [0.5, 0.6) is 0 Å². The lowest BCUT2D eigenvalue weighted by atomic mass is 10.0. The van der Waals surface area contributed by atoms with Crippen molar-refractivity contribution >= 4 is 23.5 Å². The maximum absolute atomic E-state index is 12.8. The molecule has 1 amide bonds. The third-order valence-corrected chi connectivity index (χ3v) is 5.57. The Kier molecular flexibility index (Phi) is 5.67. The van der Waals surface area contributed by atoms with Crippen molar-refractivity contribution in [3.63, 3.8) is 0 Å². The number of ether oxygens (including phenoxy) is 1. The molecule has 1 aromatic carbocycles. The van der Waals surface area contributed by atoms with Crippen LogP contribution >= 0.6 is 11.6 Å². The van der Waals surface area contributed by atoms with Crippen molar-refractivity contribution < 1.29 is 14.3 Å². The summed E-state index contributed by atoms with van der Waals surface area (Å²) < 4.78 is 6.78. The van der Waals surface area contributed by atoms with Gasteiger partial charge in [-0.15, -0.1) is 5.10 Å². The maximum Gasteiger partial charge on any atom is 0.361 e. The molecule has 7 nitrogen and oxygen atoms in total. The van der Waals surface area contributed by atoms with E-state index in [4.69, 9.17) is 16.3 Å². The molecule has 1 fully saturated rings. The molecule has 8 heteroatoms. The van der Waals surface area contributed by atoms with Crippen LogP contribution in [-0.4, -0.2) is 44.4 Å². The molecular formula is C21H23ClN4O3. The number of nitrogens with zero attached hydrogens (tertiary/aromatic N) is 4. The van der Waals surface area contributed by atoms with Crippen molar-refractivity contribution in [3.05, 3.63) is 52.4 Å². The van der Waals surface area contributed by atoms with Gasteiger partial charge in [-0.3, -0.25) is 4.79 Å². The highest BCUT2D eigenvalue weighted by molar-refractivity contribution is 6.32. The van der Waals surface area contributed by atoms with E-state index in [1.807, 2.05) is 17.0 Å². The van der Waals surface area contributed by atoms with Crippen molar-refractivity contribution in [2.24, 2.45) is 0 Å². The number of aromatic nitrogens is 3. The predicted molar refractivity (Wildman–Crippen MR) is 108 cm³/mol. The number of para-hydroxylation sites is 1. The summed E-state index contributed by atoms with van der Waals surface area (Å²) in [6.07, 6.45) is 8.29. The van der Waals surface area contributed by atoms with Crippen LogP contribution in [0.4, 0.5) is 0 Å². The summed E-state index contributed by atoms with van der Waals surface area (Å²) in [5.74, 6) is -0.840. The molecule has 2 aliphatic rings. The van der Waals surface area contributed by atoms with E-state index < -0.39 is 5.97 Å². The fraction of sp³-hybridized carbons (Fsp3) is 0.429. The third kappa shape index (κ3) is 4.19. The second-order valence-corrected chi connectivity index (χ2v) is 7.81. The van der Waals surface area contributed by atoms with Gasteiger partial charge in [0.15, 0.2) is 12.3 Å². The number of hydrogen-bond donors (Lipinski definition) is 0. The van der Waals surface area contributed by atoms with Gasteiger partial charge in [-0.1, -0.05) is 35.0 Å². The van der Waals surface area contributed by atoms with Gasteiger partial charge in [0.1, 0.15) is 0 Å². The lowest BCUT2D eigenvalue weighted by Gasteiger charge is -2.27. The van der Waals surface area contributed by atoms with E-state index in [0.717, 1.165) is 44.2 Å². The van der Waals surface area contributed by atoms with E-state index in [1.165, 1.54) is 4.68 Å². The highest BCUT2D eigenvalue weighted by Gasteiger charge is 2.35. The Hall–Kier alpha value is -2.67. The lowest BCUT2D eigenvalue weighted by Crippen LogP contribution is -2.36. The van der Waals surface area contributed by atoms with E-state index >= 15 is 0 Å². The van der Waals surface area contributed by atoms with Gasteiger partial charge in [-0.2, -0.15) is 0 Å². The largest absolute Gasteiger partial charge is 0.451 e. The fourth-order valence-electron chi connectivity index (χ4n) is 3.61. The van der Waals surface area contributed by atoms with E-state index in [9.17, 15) is 9.59 Å². The summed E-state index contributed by atoms with van der Waals surface area (Å²) in [4.78, 5) is 27.1. The molecule has 0 saturated heterocycles. The molecule has 1 heterocycles. The number of allylic oxidation sites excluding steroid dienone is 2. The molecule has 1 aromatic heterocycles. The number of benzene rings is 1. The molecule has 0 radical (unpaired) electrons. The van der Waals surface area contributed by atoms with Crippen LogP contribution in [0.2, 0.25) is 5.02 Å². The van der Waals surface area contributed by atoms with Crippen LogP contribution in [-0.2, 0) is 9.53 Å². The second-order valence-electron chi connectivity index (χ2n) is 7.40. The molecular weight excluding hydrogens is 392 g/mol. The number of carbonyl (C=O) groups is 2. The molecule has 0 atom stereocenters. The molecule has 4 rings (SSSR count). The van der Waals surface area contributed by atoms with Gasteiger partial charge in [0.05, 0.1) is 16.4 Å². The third-order valence-electron chi connectivity index (χ3n) is 5.25. The fourth-order valence-corrected chi connectivity index (χ4v) is 3.82. The molecule has 29 heavy (non-hydrogen) atoms. The molecule has 152 valence electrons. The Morgan fingerprint density at radius 3 is 2.76 bits per heavy atom. The molecule has 0 unspecified atom stereocenters. The quantitative estimate of drug-likeness (QED) is 0.671. The molecule has 2 aliphatic carbocycles. The number of carbonyl (C=O) groups excluding carboxylic acids is 2. The standard InChI is InChI=1S/C21H23ClN4O3/c1-14-20(23-24-26(14)18-10-6-5-9-17(18)22)21(28)29-13-19(27)25(16-11-12-16)15-7-3-2-4-8-15/h5-7,9-10,16H,2-4,8,11-13H2,1H3. The first-order valence-electron chi connectivity index (χ1n) is 9.91. The summed E-state index contributed by atoms with van der Waals surface area (Å²) in [6, 6.07) is 7.40. The Labute approximate surface area is 174 Å². The Morgan fingerprint density at radius 1 is 1.28 bits per heavy atom. The average molecular weight is 415 g/mol.